The Morgan fingerprint density at radius 3 is 2.60 bits per heavy atom. The number of halogens is 2. The monoisotopic (exact) mass is 530 g/mol. The summed E-state index contributed by atoms with van der Waals surface area (Å²) in [6.45, 7) is 3.53. The van der Waals surface area contributed by atoms with E-state index in [0.29, 0.717) is 41.7 Å². The third-order valence-corrected chi connectivity index (χ3v) is 7.97. The summed E-state index contributed by atoms with van der Waals surface area (Å²) in [4.78, 5) is 31.9. The van der Waals surface area contributed by atoms with Crippen LogP contribution in [0.25, 0.3) is 0 Å². The third-order valence-electron chi connectivity index (χ3n) is 6.24. The van der Waals surface area contributed by atoms with Crippen molar-refractivity contribution in [1.82, 2.24) is 9.80 Å². The predicted molar refractivity (Wildman–Crippen MR) is 142 cm³/mol. The largest absolute Gasteiger partial charge is 0.385 e. The van der Waals surface area contributed by atoms with Crippen molar-refractivity contribution in [2.24, 2.45) is 0 Å². The van der Waals surface area contributed by atoms with Crippen LogP contribution in [0, 0.1) is 6.92 Å². The molecule has 3 aromatic rings. The van der Waals surface area contributed by atoms with Crippen molar-refractivity contribution in [2.75, 3.05) is 33.4 Å². The molecule has 35 heavy (non-hydrogen) atoms. The highest BCUT2D eigenvalue weighted by Gasteiger charge is 2.34. The van der Waals surface area contributed by atoms with Crippen LogP contribution in [0.15, 0.2) is 53.9 Å². The summed E-state index contributed by atoms with van der Waals surface area (Å²) in [5.41, 5.74) is 3.81. The number of fused-ring (bicyclic) bond motifs is 1. The molecule has 0 bridgehead atoms. The van der Waals surface area contributed by atoms with Crippen LogP contribution in [0.5, 0.6) is 0 Å². The normalized spacial score (nSPS) is 15.1. The number of amides is 2. The highest BCUT2D eigenvalue weighted by molar-refractivity contribution is 7.10. The lowest BCUT2D eigenvalue weighted by atomic mass is 9.92. The van der Waals surface area contributed by atoms with Crippen molar-refractivity contribution in [3.63, 3.8) is 0 Å². The van der Waals surface area contributed by atoms with Crippen LogP contribution in [-0.2, 0) is 16.0 Å². The van der Waals surface area contributed by atoms with Gasteiger partial charge >= 0.3 is 0 Å². The van der Waals surface area contributed by atoms with Gasteiger partial charge in [-0.05, 0) is 60.5 Å². The Hall–Kier alpha value is -2.38. The summed E-state index contributed by atoms with van der Waals surface area (Å²) in [6.07, 6.45) is 1.43. The van der Waals surface area contributed by atoms with E-state index in [9.17, 15) is 9.59 Å². The zero-order valence-corrected chi connectivity index (χ0v) is 22.1. The van der Waals surface area contributed by atoms with E-state index in [0.717, 1.165) is 12.0 Å². The Labute approximate surface area is 220 Å². The first kappa shape index (κ1) is 25.7. The molecule has 1 unspecified atom stereocenters. The molecule has 2 heterocycles. The van der Waals surface area contributed by atoms with Crippen molar-refractivity contribution in [2.45, 2.75) is 25.8 Å². The first-order valence-electron chi connectivity index (χ1n) is 11.5. The lowest BCUT2D eigenvalue weighted by Crippen LogP contribution is -2.47. The summed E-state index contributed by atoms with van der Waals surface area (Å²) in [6, 6.07) is 15.1. The summed E-state index contributed by atoms with van der Waals surface area (Å²) < 4.78 is 5.18. The van der Waals surface area contributed by atoms with E-state index in [-0.39, 0.29) is 24.4 Å². The molecular formula is C27H28Cl2N2O3S. The SMILES string of the molecule is COCCCN(CC(=O)N1CCc2sccc2C1c1ccc(C)cc1)C(=O)c1ccc(Cl)c(Cl)c1. The van der Waals surface area contributed by atoms with Crippen molar-refractivity contribution >= 4 is 46.4 Å². The number of thiophene rings is 1. The highest BCUT2D eigenvalue weighted by Crippen LogP contribution is 2.38. The van der Waals surface area contributed by atoms with Crippen LogP contribution >= 0.6 is 34.5 Å². The zero-order chi connectivity index (χ0) is 24.9. The van der Waals surface area contributed by atoms with Crippen LogP contribution in [0.4, 0.5) is 0 Å². The molecule has 1 aliphatic rings. The standard InChI is InChI=1S/C27H28Cl2N2O3S/c1-18-4-6-19(7-5-18)26-21-11-15-35-24(21)10-13-31(26)25(32)17-30(12-3-14-34-2)27(33)20-8-9-22(28)23(29)16-20/h4-9,11,15-16,26H,3,10,12-14,17H2,1-2H3. The molecule has 1 aliphatic heterocycles. The van der Waals surface area contributed by atoms with Gasteiger partial charge in [0, 0.05) is 37.2 Å². The van der Waals surface area contributed by atoms with Gasteiger partial charge in [0.05, 0.1) is 16.1 Å². The van der Waals surface area contributed by atoms with E-state index in [1.54, 1.807) is 41.5 Å². The van der Waals surface area contributed by atoms with Gasteiger partial charge in [0.25, 0.3) is 5.91 Å². The van der Waals surface area contributed by atoms with E-state index in [2.05, 4.69) is 42.6 Å². The molecule has 0 spiro atoms. The number of carbonyl (C=O) groups is 2. The lowest BCUT2D eigenvalue weighted by molar-refractivity contribution is -0.134. The number of aryl methyl sites for hydroxylation is 1. The molecule has 0 saturated carbocycles. The fraction of sp³-hybridized carbons (Fsp3) is 0.333. The molecule has 8 heteroatoms. The molecular weight excluding hydrogens is 503 g/mol. The summed E-state index contributed by atoms with van der Waals surface area (Å²) >= 11 is 13.9. The van der Waals surface area contributed by atoms with Gasteiger partial charge in [-0.2, -0.15) is 0 Å². The first-order valence-corrected chi connectivity index (χ1v) is 13.2. The fourth-order valence-corrected chi connectivity index (χ4v) is 5.61. The number of hydrogen-bond acceptors (Lipinski definition) is 4. The number of nitrogens with zero attached hydrogens (tertiary/aromatic N) is 2. The maximum atomic E-state index is 13.7. The topological polar surface area (TPSA) is 49.9 Å². The van der Waals surface area contributed by atoms with Crippen LogP contribution < -0.4 is 0 Å². The smallest absolute Gasteiger partial charge is 0.254 e. The van der Waals surface area contributed by atoms with E-state index in [4.69, 9.17) is 27.9 Å². The molecule has 4 rings (SSSR count). The fourth-order valence-electron chi connectivity index (χ4n) is 4.41. The minimum Gasteiger partial charge on any atom is -0.385 e. The second kappa shape index (κ2) is 11.6. The zero-order valence-electron chi connectivity index (χ0n) is 19.8. The number of rotatable bonds is 8. The molecule has 0 radical (unpaired) electrons. The number of carbonyl (C=O) groups excluding carboxylic acids is 2. The van der Waals surface area contributed by atoms with Crippen molar-refractivity contribution in [3.05, 3.63) is 91.1 Å². The Kier molecular flexibility index (Phi) is 8.50. The second-order valence-corrected chi connectivity index (χ2v) is 10.5. The quantitative estimate of drug-likeness (QED) is 0.334. The van der Waals surface area contributed by atoms with Gasteiger partial charge in [-0.1, -0.05) is 53.0 Å². The van der Waals surface area contributed by atoms with Crippen molar-refractivity contribution in [1.29, 1.82) is 0 Å². The Bertz CT molecular complexity index is 1200. The van der Waals surface area contributed by atoms with Crippen LogP contribution in [0.3, 0.4) is 0 Å². The highest BCUT2D eigenvalue weighted by atomic mass is 35.5. The van der Waals surface area contributed by atoms with Gasteiger partial charge in [0.2, 0.25) is 5.91 Å². The third kappa shape index (κ3) is 5.89. The number of ether oxygens (including phenoxy) is 1. The van der Waals surface area contributed by atoms with E-state index < -0.39 is 0 Å². The van der Waals surface area contributed by atoms with Gasteiger partial charge in [-0.15, -0.1) is 11.3 Å². The molecule has 2 aromatic carbocycles. The summed E-state index contributed by atoms with van der Waals surface area (Å²) in [7, 11) is 1.62. The average molecular weight is 532 g/mol. The Morgan fingerprint density at radius 1 is 1.11 bits per heavy atom. The minimum absolute atomic E-state index is 0.0232. The first-order chi connectivity index (χ1) is 16.9. The Morgan fingerprint density at radius 2 is 1.89 bits per heavy atom. The molecule has 0 aliphatic carbocycles. The number of hydrogen-bond donors (Lipinski definition) is 0. The second-order valence-electron chi connectivity index (χ2n) is 8.65. The number of benzene rings is 2. The van der Waals surface area contributed by atoms with Gasteiger partial charge in [-0.3, -0.25) is 9.59 Å². The summed E-state index contributed by atoms with van der Waals surface area (Å²) in [5, 5.41) is 2.78. The number of methoxy groups -OCH3 is 1. The van der Waals surface area contributed by atoms with E-state index in [1.165, 1.54) is 16.0 Å². The van der Waals surface area contributed by atoms with Gasteiger partial charge in [0.15, 0.2) is 0 Å². The molecule has 1 aromatic heterocycles. The molecule has 184 valence electrons. The molecule has 1 atom stereocenters. The predicted octanol–water partition coefficient (Wildman–Crippen LogP) is 6.02. The van der Waals surface area contributed by atoms with Crippen molar-refractivity contribution in [3.8, 4) is 0 Å². The van der Waals surface area contributed by atoms with E-state index in [1.807, 2.05) is 4.90 Å². The van der Waals surface area contributed by atoms with Crippen molar-refractivity contribution < 1.29 is 14.3 Å². The van der Waals surface area contributed by atoms with Crippen LogP contribution in [-0.4, -0.2) is 55.0 Å². The molecule has 5 nitrogen and oxygen atoms in total. The maximum absolute atomic E-state index is 13.7. The molecule has 0 fully saturated rings. The molecule has 2 amide bonds. The van der Waals surface area contributed by atoms with Gasteiger partial charge < -0.3 is 14.5 Å². The van der Waals surface area contributed by atoms with Gasteiger partial charge in [-0.25, -0.2) is 0 Å². The maximum Gasteiger partial charge on any atom is 0.254 e. The summed E-state index contributed by atoms with van der Waals surface area (Å²) in [5.74, 6) is -0.341. The molecule has 0 N–H and O–H groups in total. The lowest BCUT2D eigenvalue weighted by Gasteiger charge is -2.37. The van der Waals surface area contributed by atoms with Crippen LogP contribution in [0.1, 0.15) is 44.4 Å². The van der Waals surface area contributed by atoms with Crippen LogP contribution in [0.2, 0.25) is 10.0 Å². The van der Waals surface area contributed by atoms with E-state index >= 15 is 0 Å². The average Bonchev–Trinajstić information content (AvgIpc) is 3.34. The van der Waals surface area contributed by atoms with Gasteiger partial charge in [0.1, 0.15) is 6.54 Å². The molecule has 0 saturated heterocycles. The minimum atomic E-state index is -0.256. The Balaban J connectivity index is 1.60.